The fourth-order valence-electron chi connectivity index (χ4n) is 4.79. The zero-order valence-corrected chi connectivity index (χ0v) is 21.1. The Balaban J connectivity index is 1.39. The number of nitrogens with one attached hydrogen (secondary N) is 2. The number of piperidine rings is 1. The molecule has 5 rings (SSSR count). The van der Waals surface area contributed by atoms with Crippen LogP contribution in [0.4, 0.5) is 17.1 Å². The standard InChI is InChI=1S/C28H29N5O5/c1-37-28-23-8-4-3-7-22(23)27(30-31-28)19-9-14-25(32-15-5-2-6-16-32)24(17-19)29-26(34)18-38-21-12-10-20(11-13-21)33(35)36/h3-4,7-14,17,28,31H,2,5-6,15-16,18H2,1H3,(H,29,34). The Morgan fingerprint density at radius 2 is 1.87 bits per heavy atom. The summed E-state index contributed by atoms with van der Waals surface area (Å²) in [5.41, 5.74) is 8.22. The summed E-state index contributed by atoms with van der Waals surface area (Å²) in [4.78, 5) is 25.6. The van der Waals surface area contributed by atoms with E-state index in [9.17, 15) is 14.9 Å². The molecule has 3 aromatic carbocycles. The second kappa shape index (κ2) is 11.3. The molecule has 0 spiro atoms. The molecule has 0 aliphatic carbocycles. The number of ether oxygens (including phenoxy) is 2. The number of benzene rings is 3. The molecule has 0 bridgehead atoms. The number of rotatable bonds is 8. The highest BCUT2D eigenvalue weighted by atomic mass is 16.6. The van der Waals surface area contributed by atoms with E-state index in [0.717, 1.165) is 54.0 Å². The largest absolute Gasteiger partial charge is 0.484 e. The number of hydrogen-bond acceptors (Lipinski definition) is 8. The first-order valence-electron chi connectivity index (χ1n) is 12.6. The maximum Gasteiger partial charge on any atom is 0.269 e. The van der Waals surface area contributed by atoms with Gasteiger partial charge in [0.05, 0.1) is 22.0 Å². The third-order valence-corrected chi connectivity index (χ3v) is 6.69. The van der Waals surface area contributed by atoms with Crippen molar-refractivity contribution in [2.45, 2.75) is 25.5 Å². The Labute approximate surface area is 220 Å². The fourth-order valence-corrected chi connectivity index (χ4v) is 4.79. The molecule has 1 saturated heterocycles. The van der Waals surface area contributed by atoms with Gasteiger partial charge in [0, 0.05) is 49.0 Å². The van der Waals surface area contributed by atoms with Crippen molar-refractivity contribution in [3.63, 3.8) is 0 Å². The summed E-state index contributed by atoms with van der Waals surface area (Å²) < 4.78 is 11.1. The second-order valence-corrected chi connectivity index (χ2v) is 9.16. The Hall–Kier alpha value is -4.44. The zero-order valence-electron chi connectivity index (χ0n) is 21.1. The van der Waals surface area contributed by atoms with E-state index in [0.29, 0.717) is 11.4 Å². The molecule has 10 heteroatoms. The van der Waals surface area contributed by atoms with E-state index in [1.165, 1.54) is 30.7 Å². The van der Waals surface area contributed by atoms with Crippen molar-refractivity contribution in [3.05, 3.63) is 93.5 Å². The van der Waals surface area contributed by atoms with E-state index < -0.39 is 4.92 Å². The summed E-state index contributed by atoms with van der Waals surface area (Å²) in [5.74, 6) is 0.0463. The molecule has 2 heterocycles. The minimum absolute atomic E-state index is 0.0386. The molecule has 196 valence electrons. The predicted molar refractivity (Wildman–Crippen MR) is 145 cm³/mol. The van der Waals surface area contributed by atoms with Crippen molar-refractivity contribution in [2.75, 3.05) is 37.0 Å². The molecule has 0 saturated carbocycles. The lowest BCUT2D eigenvalue weighted by Gasteiger charge is -2.31. The van der Waals surface area contributed by atoms with Gasteiger partial charge in [0.2, 0.25) is 0 Å². The molecule has 3 aromatic rings. The summed E-state index contributed by atoms with van der Waals surface area (Å²) in [6.07, 6.45) is 3.05. The quantitative estimate of drug-likeness (QED) is 0.332. The highest BCUT2D eigenvalue weighted by Gasteiger charge is 2.24. The Morgan fingerprint density at radius 3 is 2.61 bits per heavy atom. The van der Waals surface area contributed by atoms with E-state index >= 15 is 0 Å². The van der Waals surface area contributed by atoms with Crippen LogP contribution in [0.2, 0.25) is 0 Å². The van der Waals surface area contributed by atoms with Gasteiger partial charge in [-0.2, -0.15) is 5.10 Å². The van der Waals surface area contributed by atoms with Gasteiger partial charge < -0.3 is 19.7 Å². The van der Waals surface area contributed by atoms with Gasteiger partial charge in [-0.25, -0.2) is 0 Å². The molecule has 0 radical (unpaired) electrons. The van der Waals surface area contributed by atoms with E-state index in [1.54, 1.807) is 7.11 Å². The van der Waals surface area contributed by atoms with Crippen LogP contribution in [0.1, 0.15) is 42.2 Å². The molecule has 0 aromatic heterocycles. The maximum atomic E-state index is 12.9. The van der Waals surface area contributed by atoms with Crippen LogP contribution in [0.25, 0.3) is 0 Å². The lowest BCUT2D eigenvalue weighted by molar-refractivity contribution is -0.384. The highest BCUT2D eigenvalue weighted by Crippen LogP contribution is 2.33. The van der Waals surface area contributed by atoms with Crippen LogP contribution in [0.5, 0.6) is 5.75 Å². The number of amides is 1. The minimum Gasteiger partial charge on any atom is -0.484 e. The van der Waals surface area contributed by atoms with Crippen LogP contribution in [0, 0.1) is 10.1 Å². The SMILES string of the molecule is COC1NN=C(c2ccc(N3CCCCC3)c(NC(=O)COc3ccc([N+](=O)[O-])cc3)c2)c2ccccc21. The van der Waals surface area contributed by atoms with Crippen molar-refractivity contribution in [1.82, 2.24) is 5.43 Å². The van der Waals surface area contributed by atoms with Gasteiger partial charge in [-0.3, -0.25) is 20.3 Å². The van der Waals surface area contributed by atoms with Crippen LogP contribution < -0.4 is 20.4 Å². The van der Waals surface area contributed by atoms with Crippen LogP contribution in [-0.4, -0.2) is 43.3 Å². The molecular formula is C28H29N5O5. The van der Waals surface area contributed by atoms with Crippen molar-refractivity contribution in [1.29, 1.82) is 0 Å². The number of anilines is 2. The Bertz CT molecular complexity index is 1350. The first-order valence-corrected chi connectivity index (χ1v) is 12.6. The average Bonchev–Trinajstić information content (AvgIpc) is 2.96. The highest BCUT2D eigenvalue weighted by molar-refractivity contribution is 6.15. The van der Waals surface area contributed by atoms with E-state index in [-0.39, 0.29) is 24.4 Å². The third kappa shape index (κ3) is 5.45. The number of methoxy groups -OCH3 is 1. The lowest BCUT2D eigenvalue weighted by atomic mass is 9.94. The number of carbonyl (C=O) groups excluding carboxylic acids is 1. The van der Waals surface area contributed by atoms with Gasteiger partial charge in [-0.05, 0) is 43.5 Å². The summed E-state index contributed by atoms with van der Waals surface area (Å²) >= 11 is 0. The number of non-ortho nitro benzene ring substituents is 1. The minimum atomic E-state index is -0.481. The van der Waals surface area contributed by atoms with Crippen molar-refractivity contribution in [3.8, 4) is 5.75 Å². The molecular weight excluding hydrogens is 486 g/mol. The molecule has 1 amide bonds. The third-order valence-electron chi connectivity index (χ3n) is 6.69. The van der Waals surface area contributed by atoms with Crippen molar-refractivity contribution in [2.24, 2.45) is 5.10 Å². The van der Waals surface area contributed by atoms with Crippen LogP contribution >= 0.6 is 0 Å². The predicted octanol–water partition coefficient (Wildman–Crippen LogP) is 4.60. The van der Waals surface area contributed by atoms with Crippen LogP contribution in [0.3, 0.4) is 0 Å². The normalized spacial score (nSPS) is 16.6. The number of nitro benzene ring substituents is 1. The van der Waals surface area contributed by atoms with Gasteiger partial charge in [-0.15, -0.1) is 0 Å². The first-order chi connectivity index (χ1) is 18.5. The molecule has 2 N–H and O–H groups in total. The van der Waals surface area contributed by atoms with Crippen molar-refractivity contribution >= 4 is 28.7 Å². The van der Waals surface area contributed by atoms with E-state index in [2.05, 4.69) is 20.7 Å². The molecule has 38 heavy (non-hydrogen) atoms. The zero-order chi connectivity index (χ0) is 26.5. The number of carbonyl (C=O) groups is 1. The number of nitro groups is 1. The molecule has 2 aliphatic rings. The number of hydrazone groups is 1. The maximum absolute atomic E-state index is 12.9. The Kier molecular flexibility index (Phi) is 7.50. The van der Waals surface area contributed by atoms with E-state index in [4.69, 9.17) is 9.47 Å². The smallest absolute Gasteiger partial charge is 0.269 e. The average molecular weight is 516 g/mol. The van der Waals surface area contributed by atoms with Gasteiger partial charge in [0.15, 0.2) is 12.8 Å². The summed E-state index contributed by atoms with van der Waals surface area (Å²) in [5, 5.41) is 18.5. The van der Waals surface area contributed by atoms with Crippen LogP contribution in [0.15, 0.2) is 71.8 Å². The lowest BCUT2D eigenvalue weighted by Crippen LogP contribution is -2.31. The molecule has 2 aliphatic heterocycles. The molecule has 1 unspecified atom stereocenters. The fraction of sp³-hybridized carbons (Fsp3) is 0.286. The molecule has 10 nitrogen and oxygen atoms in total. The van der Waals surface area contributed by atoms with Gasteiger partial charge in [0.25, 0.3) is 11.6 Å². The number of hydrogen-bond donors (Lipinski definition) is 2. The second-order valence-electron chi connectivity index (χ2n) is 9.16. The Morgan fingerprint density at radius 1 is 1.11 bits per heavy atom. The van der Waals surface area contributed by atoms with Crippen LogP contribution in [-0.2, 0) is 9.53 Å². The number of fused-ring (bicyclic) bond motifs is 1. The van der Waals surface area contributed by atoms with Gasteiger partial charge >= 0.3 is 0 Å². The summed E-state index contributed by atoms with van der Waals surface area (Å²) in [7, 11) is 1.63. The van der Waals surface area contributed by atoms with Gasteiger partial charge in [0.1, 0.15) is 5.75 Å². The number of nitrogens with zero attached hydrogens (tertiary/aromatic N) is 3. The summed E-state index contributed by atoms with van der Waals surface area (Å²) in [6, 6.07) is 19.6. The van der Waals surface area contributed by atoms with E-state index in [1.807, 2.05) is 42.5 Å². The van der Waals surface area contributed by atoms with Gasteiger partial charge in [-0.1, -0.05) is 30.3 Å². The topological polar surface area (TPSA) is 118 Å². The first kappa shape index (κ1) is 25.2. The summed E-state index contributed by atoms with van der Waals surface area (Å²) in [6.45, 7) is 1.60. The molecule has 1 atom stereocenters. The van der Waals surface area contributed by atoms with Crippen molar-refractivity contribution < 1.29 is 19.2 Å². The monoisotopic (exact) mass is 515 g/mol. The molecule has 1 fully saturated rings.